The number of amides is 2. The van der Waals surface area contributed by atoms with Crippen molar-refractivity contribution in [2.24, 2.45) is 0 Å². The molecule has 0 radical (unpaired) electrons. The van der Waals surface area contributed by atoms with Crippen LogP contribution < -0.4 is 5.32 Å². The Morgan fingerprint density at radius 3 is 2.62 bits per heavy atom. The number of sulfonamides is 1. The second-order valence-electron chi connectivity index (χ2n) is 8.54. The molecule has 0 unspecified atom stereocenters. The molecule has 2 amide bonds. The Hall–Kier alpha value is -3.01. The van der Waals surface area contributed by atoms with Crippen LogP contribution in [0.5, 0.6) is 0 Å². The molecule has 34 heavy (non-hydrogen) atoms. The van der Waals surface area contributed by atoms with Gasteiger partial charge in [0.05, 0.1) is 0 Å². The van der Waals surface area contributed by atoms with Gasteiger partial charge in [-0.25, -0.2) is 8.42 Å². The molecule has 0 atom stereocenters. The van der Waals surface area contributed by atoms with Crippen LogP contribution in [-0.4, -0.2) is 42.5 Å². The minimum Gasteiger partial charge on any atom is -0.338 e. The molecule has 2 aliphatic heterocycles. The number of hydrogen-bond acceptors (Lipinski definition) is 5. The molecule has 0 spiro atoms. The number of anilines is 1. The van der Waals surface area contributed by atoms with Gasteiger partial charge in [-0.2, -0.15) is 4.31 Å². The normalized spacial score (nSPS) is 16.5. The number of nitrogens with one attached hydrogen (secondary N) is 1. The summed E-state index contributed by atoms with van der Waals surface area (Å²) in [6.45, 7) is 1.92. The van der Waals surface area contributed by atoms with Crippen molar-refractivity contribution in [3.63, 3.8) is 0 Å². The van der Waals surface area contributed by atoms with Crippen molar-refractivity contribution in [1.29, 1.82) is 0 Å². The Kier molecular flexibility index (Phi) is 6.24. The van der Waals surface area contributed by atoms with E-state index < -0.39 is 15.9 Å². The van der Waals surface area contributed by atoms with Gasteiger partial charge in [0.1, 0.15) is 9.77 Å². The minimum absolute atomic E-state index is 0.0354. The van der Waals surface area contributed by atoms with E-state index in [4.69, 9.17) is 0 Å². The maximum Gasteiger partial charge on any atom is 0.267 e. The van der Waals surface area contributed by atoms with E-state index in [1.807, 2.05) is 47.4 Å². The van der Waals surface area contributed by atoms with Gasteiger partial charge in [0.25, 0.3) is 5.91 Å². The molecule has 0 saturated carbocycles. The molecule has 3 aromatic rings. The van der Waals surface area contributed by atoms with Gasteiger partial charge in [0, 0.05) is 38.3 Å². The van der Waals surface area contributed by atoms with Gasteiger partial charge in [-0.1, -0.05) is 36.4 Å². The summed E-state index contributed by atoms with van der Waals surface area (Å²) in [4.78, 5) is 27.0. The molecule has 0 bridgehead atoms. The van der Waals surface area contributed by atoms with Gasteiger partial charge in [0.15, 0.2) is 0 Å². The molecule has 1 aromatic heterocycles. The van der Waals surface area contributed by atoms with E-state index in [2.05, 4.69) is 5.32 Å². The van der Waals surface area contributed by atoms with Crippen molar-refractivity contribution in [3.8, 4) is 0 Å². The SMILES string of the molecule is O=C(Nc1cccc(CN2CCCC2=O)c1)c1sccc1S(=O)(=O)N1CCc2ccccc2C1. The molecule has 2 aliphatic rings. The van der Waals surface area contributed by atoms with Crippen LogP contribution in [-0.2, 0) is 34.3 Å². The molecule has 9 heteroatoms. The average molecular weight is 496 g/mol. The Bertz CT molecular complexity index is 1350. The van der Waals surface area contributed by atoms with Crippen LogP contribution in [0.4, 0.5) is 5.69 Å². The summed E-state index contributed by atoms with van der Waals surface area (Å²) >= 11 is 1.11. The number of carbonyl (C=O) groups excluding carboxylic acids is 2. The van der Waals surface area contributed by atoms with Crippen LogP contribution in [0.1, 0.15) is 39.2 Å². The lowest BCUT2D eigenvalue weighted by molar-refractivity contribution is -0.128. The molecule has 1 N–H and O–H groups in total. The predicted octanol–water partition coefficient (Wildman–Crippen LogP) is 3.87. The molecule has 1 fully saturated rings. The fraction of sp³-hybridized carbons (Fsp3) is 0.280. The van der Waals surface area contributed by atoms with Crippen LogP contribution in [0.2, 0.25) is 0 Å². The Balaban J connectivity index is 1.33. The van der Waals surface area contributed by atoms with Crippen molar-refractivity contribution >= 4 is 38.9 Å². The first-order valence-corrected chi connectivity index (χ1v) is 13.6. The summed E-state index contributed by atoms with van der Waals surface area (Å²) in [5.41, 5.74) is 3.64. The van der Waals surface area contributed by atoms with Crippen LogP contribution in [0.15, 0.2) is 64.9 Å². The van der Waals surface area contributed by atoms with E-state index in [-0.39, 0.29) is 15.7 Å². The van der Waals surface area contributed by atoms with Gasteiger partial charge < -0.3 is 10.2 Å². The summed E-state index contributed by atoms with van der Waals surface area (Å²) in [7, 11) is -3.82. The fourth-order valence-electron chi connectivity index (χ4n) is 4.51. The quantitative estimate of drug-likeness (QED) is 0.563. The van der Waals surface area contributed by atoms with Crippen LogP contribution in [0.25, 0.3) is 0 Å². The minimum atomic E-state index is -3.82. The number of carbonyl (C=O) groups is 2. The van der Waals surface area contributed by atoms with Gasteiger partial charge >= 0.3 is 0 Å². The number of rotatable bonds is 6. The van der Waals surface area contributed by atoms with Gasteiger partial charge in [0.2, 0.25) is 15.9 Å². The third-order valence-corrected chi connectivity index (χ3v) is 9.21. The Morgan fingerprint density at radius 2 is 1.82 bits per heavy atom. The van der Waals surface area contributed by atoms with Gasteiger partial charge in [-0.05, 0) is 53.1 Å². The van der Waals surface area contributed by atoms with Crippen LogP contribution in [0, 0.1) is 0 Å². The number of hydrogen-bond donors (Lipinski definition) is 1. The predicted molar refractivity (Wildman–Crippen MR) is 131 cm³/mol. The van der Waals surface area contributed by atoms with E-state index in [0.29, 0.717) is 38.2 Å². The molecular weight excluding hydrogens is 470 g/mol. The summed E-state index contributed by atoms with van der Waals surface area (Å²) in [5, 5.41) is 4.47. The maximum absolute atomic E-state index is 13.4. The first kappa shape index (κ1) is 22.8. The molecule has 0 aliphatic carbocycles. The monoisotopic (exact) mass is 495 g/mol. The molecule has 5 rings (SSSR count). The second-order valence-corrected chi connectivity index (χ2v) is 11.4. The van der Waals surface area contributed by atoms with Crippen molar-refractivity contribution < 1.29 is 18.0 Å². The van der Waals surface area contributed by atoms with Crippen LogP contribution in [0.3, 0.4) is 0 Å². The summed E-state index contributed by atoms with van der Waals surface area (Å²) in [6.07, 6.45) is 2.09. The lowest BCUT2D eigenvalue weighted by Crippen LogP contribution is -2.36. The Labute approximate surface area is 203 Å². The van der Waals surface area contributed by atoms with Gasteiger partial charge in [-0.3, -0.25) is 9.59 Å². The average Bonchev–Trinajstić information content (AvgIpc) is 3.49. The van der Waals surface area contributed by atoms with Crippen molar-refractivity contribution in [1.82, 2.24) is 9.21 Å². The molecule has 3 heterocycles. The first-order valence-electron chi connectivity index (χ1n) is 11.2. The van der Waals surface area contributed by atoms with Crippen molar-refractivity contribution in [2.45, 2.75) is 37.2 Å². The fourth-order valence-corrected chi connectivity index (χ4v) is 7.22. The molecular formula is C25H25N3O4S2. The van der Waals surface area contributed by atoms with E-state index in [1.165, 1.54) is 10.4 Å². The topological polar surface area (TPSA) is 86.8 Å². The highest BCUT2D eigenvalue weighted by atomic mass is 32.2. The zero-order valence-electron chi connectivity index (χ0n) is 18.6. The van der Waals surface area contributed by atoms with E-state index >= 15 is 0 Å². The summed E-state index contributed by atoms with van der Waals surface area (Å²) in [5.74, 6) is -0.316. The number of nitrogens with zero attached hydrogens (tertiary/aromatic N) is 2. The van der Waals surface area contributed by atoms with E-state index in [0.717, 1.165) is 41.0 Å². The summed E-state index contributed by atoms with van der Waals surface area (Å²) < 4.78 is 28.3. The maximum atomic E-state index is 13.4. The molecule has 1 saturated heterocycles. The van der Waals surface area contributed by atoms with Crippen LogP contribution >= 0.6 is 11.3 Å². The molecule has 176 valence electrons. The largest absolute Gasteiger partial charge is 0.338 e. The Morgan fingerprint density at radius 1 is 1.00 bits per heavy atom. The lowest BCUT2D eigenvalue weighted by atomic mass is 10.0. The molecule has 2 aromatic carbocycles. The number of thiophene rings is 1. The number of likely N-dealkylation sites (tertiary alicyclic amines) is 1. The smallest absolute Gasteiger partial charge is 0.267 e. The van der Waals surface area contributed by atoms with Gasteiger partial charge in [-0.15, -0.1) is 11.3 Å². The van der Waals surface area contributed by atoms with Crippen molar-refractivity contribution in [2.75, 3.05) is 18.4 Å². The third kappa shape index (κ3) is 4.51. The number of fused-ring (bicyclic) bond motifs is 1. The standard InChI is InChI=1S/C25H25N3O4S2/c29-23-9-4-12-27(23)16-18-5-3-8-21(15-18)26-25(30)24-22(11-14-33-24)34(31,32)28-13-10-19-6-1-2-7-20(19)17-28/h1-3,5-8,11,14-15H,4,9-10,12-13,16-17H2,(H,26,30). The lowest BCUT2D eigenvalue weighted by Gasteiger charge is -2.28. The molecule has 7 nitrogen and oxygen atoms in total. The van der Waals surface area contributed by atoms with E-state index in [9.17, 15) is 18.0 Å². The highest BCUT2D eigenvalue weighted by molar-refractivity contribution is 7.89. The first-order chi connectivity index (χ1) is 16.4. The zero-order valence-corrected chi connectivity index (χ0v) is 20.2. The highest BCUT2D eigenvalue weighted by Gasteiger charge is 2.32. The summed E-state index contributed by atoms with van der Waals surface area (Å²) in [6, 6.07) is 16.7. The van der Waals surface area contributed by atoms with E-state index in [1.54, 1.807) is 11.4 Å². The zero-order chi connectivity index (χ0) is 23.7. The second kappa shape index (κ2) is 9.32. The van der Waals surface area contributed by atoms with Crippen molar-refractivity contribution in [3.05, 3.63) is 81.5 Å². The number of benzene rings is 2. The highest BCUT2D eigenvalue weighted by Crippen LogP contribution is 2.30. The third-order valence-electron chi connectivity index (χ3n) is 6.28.